The first-order valence-corrected chi connectivity index (χ1v) is 7.44. The van der Waals surface area contributed by atoms with Crippen molar-refractivity contribution >= 4 is 10.0 Å². The first kappa shape index (κ1) is 14.8. The van der Waals surface area contributed by atoms with Crippen LogP contribution in [0.1, 0.15) is 19.3 Å². The maximum atomic E-state index is 11.6. The summed E-state index contributed by atoms with van der Waals surface area (Å²) in [5.41, 5.74) is 0. The van der Waals surface area contributed by atoms with Crippen LogP contribution in [0.2, 0.25) is 0 Å². The second kappa shape index (κ2) is 7.27. The largest absolute Gasteiger partial charge is 0.391 e. The van der Waals surface area contributed by atoms with Gasteiger partial charge in [-0.05, 0) is 19.3 Å². The van der Waals surface area contributed by atoms with Crippen LogP contribution in [0.5, 0.6) is 0 Å². The molecule has 2 unspecified atom stereocenters. The summed E-state index contributed by atoms with van der Waals surface area (Å²) in [6, 6.07) is 0. The molecule has 1 fully saturated rings. The Bertz CT molecular complexity index is 300. The Morgan fingerprint density at radius 1 is 1.59 bits per heavy atom. The molecular weight excluding hydrogens is 246 g/mol. The van der Waals surface area contributed by atoms with Gasteiger partial charge in [-0.25, -0.2) is 13.1 Å². The quantitative estimate of drug-likeness (QED) is 0.618. The molecule has 17 heavy (non-hydrogen) atoms. The number of aliphatic hydroxyl groups excluding tert-OH is 1. The number of methoxy groups -OCH3 is 1. The van der Waals surface area contributed by atoms with Crippen LogP contribution in [0.3, 0.4) is 0 Å². The van der Waals surface area contributed by atoms with Crippen LogP contribution in [0, 0.1) is 0 Å². The van der Waals surface area contributed by atoms with Crippen molar-refractivity contribution in [2.45, 2.75) is 31.5 Å². The first-order chi connectivity index (χ1) is 8.03. The summed E-state index contributed by atoms with van der Waals surface area (Å²) in [4.78, 5) is 0. The molecule has 0 radical (unpaired) electrons. The summed E-state index contributed by atoms with van der Waals surface area (Å²) < 4.78 is 35.7. The lowest BCUT2D eigenvalue weighted by molar-refractivity contribution is 0.0603. The van der Waals surface area contributed by atoms with Crippen molar-refractivity contribution < 1.29 is 23.0 Å². The molecule has 1 rings (SSSR count). The molecule has 7 heteroatoms. The van der Waals surface area contributed by atoms with Gasteiger partial charge in [0.2, 0.25) is 10.0 Å². The molecule has 2 N–H and O–H groups in total. The molecule has 0 aromatic carbocycles. The van der Waals surface area contributed by atoms with Gasteiger partial charge in [0.05, 0.1) is 24.6 Å². The van der Waals surface area contributed by atoms with Gasteiger partial charge in [0.15, 0.2) is 0 Å². The lowest BCUT2D eigenvalue weighted by Crippen LogP contribution is -2.34. The fourth-order valence-corrected chi connectivity index (χ4v) is 3.04. The van der Waals surface area contributed by atoms with Gasteiger partial charge < -0.3 is 14.6 Å². The first-order valence-electron chi connectivity index (χ1n) is 5.79. The Kier molecular flexibility index (Phi) is 6.35. The van der Waals surface area contributed by atoms with E-state index in [1.165, 1.54) is 7.11 Å². The maximum absolute atomic E-state index is 11.6. The molecule has 0 aliphatic carbocycles. The number of ether oxygens (including phenoxy) is 2. The van der Waals surface area contributed by atoms with Crippen LogP contribution in [0.25, 0.3) is 0 Å². The zero-order chi connectivity index (χ0) is 12.7. The fourth-order valence-electron chi connectivity index (χ4n) is 1.74. The van der Waals surface area contributed by atoms with E-state index in [0.29, 0.717) is 13.0 Å². The third-order valence-corrected chi connectivity index (χ3v) is 4.04. The molecule has 2 atom stereocenters. The Morgan fingerprint density at radius 2 is 2.35 bits per heavy atom. The molecule has 1 aliphatic rings. The van der Waals surface area contributed by atoms with Crippen molar-refractivity contribution in [3.8, 4) is 0 Å². The van der Waals surface area contributed by atoms with Crippen molar-refractivity contribution in [1.29, 1.82) is 0 Å². The predicted octanol–water partition coefficient (Wildman–Crippen LogP) is -0.518. The van der Waals surface area contributed by atoms with Crippen LogP contribution in [0.4, 0.5) is 0 Å². The summed E-state index contributed by atoms with van der Waals surface area (Å²) in [7, 11) is -1.81. The van der Waals surface area contributed by atoms with Gasteiger partial charge in [-0.1, -0.05) is 0 Å². The number of aliphatic hydroxyl groups is 1. The van der Waals surface area contributed by atoms with Crippen molar-refractivity contribution in [3.63, 3.8) is 0 Å². The zero-order valence-corrected chi connectivity index (χ0v) is 10.9. The normalized spacial score (nSPS) is 22.8. The maximum Gasteiger partial charge on any atom is 0.214 e. The number of sulfonamides is 1. The number of hydrogen-bond donors (Lipinski definition) is 2. The Balaban J connectivity index is 2.19. The number of nitrogens with one attached hydrogen (secondary N) is 1. The van der Waals surface area contributed by atoms with E-state index in [9.17, 15) is 13.5 Å². The van der Waals surface area contributed by atoms with E-state index in [1.54, 1.807) is 0 Å². The highest BCUT2D eigenvalue weighted by Gasteiger charge is 2.22. The minimum Gasteiger partial charge on any atom is -0.391 e. The lowest BCUT2D eigenvalue weighted by atomic mass is 10.3. The van der Waals surface area contributed by atoms with Crippen LogP contribution in [-0.2, 0) is 19.5 Å². The average Bonchev–Trinajstić information content (AvgIpc) is 2.69. The van der Waals surface area contributed by atoms with Crippen molar-refractivity contribution in [1.82, 2.24) is 4.72 Å². The summed E-state index contributed by atoms with van der Waals surface area (Å²) in [6.07, 6.45) is 1.25. The summed E-state index contributed by atoms with van der Waals surface area (Å²) >= 11 is 0. The van der Waals surface area contributed by atoms with Gasteiger partial charge in [0.1, 0.15) is 0 Å². The standard InChI is InChI=1S/C10H21NO5S/c1-15-7-9(12)4-5-11-17(13,14)8-10-3-2-6-16-10/h9-12H,2-8H2,1H3. The highest BCUT2D eigenvalue weighted by Crippen LogP contribution is 2.13. The van der Waals surface area contributed by atoms with Gasteiger partial charge in [-0.15, -0.1) is 0 Å². The molecule has 1 heterocycles. The highest BCUT2D eigenvalue weighted by molar-refractivity contribution is 7.89. The van der Waals surface area contributed by atoms with E-state index in [1.807, 2.05) is 0 Å². The molecule has 0 saturated carbocycles. The van der Waals surface area contributed by atoms with Crippen LogP contribution >= 0.6 is 0 Å². The monoisotopic (exact) mass is 267 g/mol. The molecule has 0 aromatic heterocycles. The number of rotatable bonds is 8. The minimum atomic E-state index is -3.30. The van der Waals surface area contributed by atoms with Gasteiger partial charge in [-0.2, -0.15) is 0 Å². The van der Waals surface area contributed by atoms with Gasteiger partial charge in [0, 0.05) is 20.3 Å². The van der Waals surface area contributed by atoms with Crippen molar-refractivity contribution in [2.24, 2.45) is 0 Å². The summed E-state index contributed by atoms with van der Waals surface area (Å²) in [5.74, 6) is 0.00731. The second-order valence-corrected chi connectivity index (χ2v) is 6.06. The van der Waals surface area contributed by atoms with Gasteiger partial charge in [-0.3, -0.25) is 0 Å². The highest BCUT2D eigenvalue weighted by atomic mass is 32.2. The minimum absolute atomic E-state index is 0.00731. The smallest absolute Gasteiger partial charge is 0.214 e. The molecule has 0 amide bonds. The number of hydrogen-bond acceptors (Lipinski definition) is 5. The lowest BCUT2D eigenvalue weighted by Gasteiger charge is -2.13. The molecular formula is C10H21NO5S. The van der Waals surface area contributed by atoms with E-state index < -0.39 is 16.1 Å². The fraction of sp³-hybridized carbons (Fsp3) is 1.00. The van der Waals surface area contributed by atoms with Gasteiger partial charge in [0.25, 0.3) is 0 Å². The average molecular weight is 267 g/mol. The summed E-state index contributed by atoms with van der Waals surface area (Å²) in [6.45, 7) is 1.08. The van der Waals surface area contributed by atoms with E-state index in [-0.39, 0.29) is 25.0 Å². The second-order valence-electron chi connectivity index (χ2n) is 4.21. The zero-order valence-electron chi connectivity index (χ0n) is 10.1. The topological polar surface area (TPSA) is 84.9 Å². The Morgan fingerprint density at radius 3 is 2.94 bits per heavy atom. The Labute approximate surface area is 102 Å². The van der Waals surface area contributed by atoms with E-state index in [0.717, 1.165) is 12.8 Å². The summed E-state index contributed by atoms with van der Waals surface area (Å²) in [5, 5.41) is 9.35. The Hall–Kier alpha value is -0.210. The molecule has 6 nitrogen and oxygen atoms in total. The third-order valence-electron chi connectivity index (χ3n) is 2.59. The van der Waals surface area contributed by atoms with Crippen molar-refractivity contribution in [3.05, 3.63) is 0 Å². The molecule has 0 aromatic rings. The van der Waals surface area contributed by atoms with Gasteiger partial charge >= 0.3 is 0 Å². The molecule has 0 spiro atoms. The van der Waals surface area contributed by atoms with Crippen molar-refractivity contribution in [2.75, 3.05) is 32.6 Å². The van der Waals surface area contributed by atoms with Crippen LogP contribution in [-0.4, -0.2) is 58.4 Å². The molecule has 0 bridgehead atoms. The van der Waals surface area contributed by atoms with E-state index >= 15 is 0 Å². The van der Waals surface area contributed by atoms with Crippen LogP contribution < -0.4 is 4.72 Å². The molecule has 102 valence electrons. The predicted molar refractivity (Wildman–Crippen MR) is 63.3 cm³/mol. The molecule has 1 saturated heterocycles. The van der Waals surface area contributed by atoms with E-state index in [2.05, 4.69) is 4.72 Å². The van der Waals surface area contributed by atoms with E-state index in [4.69, 9.17) is 9.47 Å². The SMILES string of the molecule is COCC(O)CCNS(=O)(=O)CC1CCCO1. The third kappa shape index (κ3) is 6.32. The van der Waals surface area contributed by atoms with Crippen LogP contribution in [0.15, 0.2) is 0 Å². The molecule has 1 aliphatic heterocycles.